The van der Waals surface area contributed by atoms with E-state index in [2.05, 4.69) is 29.5 Å². The van der Waals surface area contributed by atoms with Crippen molar-refractivity contribution in [2.45, 2.75) is 32.9 Å². The fourth-order valence-electron chi connectivity index (χ4n) is 2.16. The molecule has 0 aliphatic heterocycles. The van der Waals surface area contributed by atoms with Gasteiger partial charge < -0.3 is 11.1 Å². The lowest BCUT2D eigenvalue weighted by molar-refractivity contribution is -0.118. The number of carbonyl (C=O) groups excluding carboxylic acids is 1. The molecule has 0 saturated heterocycles. The first-order chi connectivity index (χ1) is 9.22. The number of para-hydroxylation sites is 1. The number of nitrogens with zero attached hydrogens (tertiary/aromatic N) is 2. The van der Waals surface area contributed by atoms with Crippen LogP contribution >= 0.6 is 0 Å². The molecule has 0 radical (unpaired) electrons. The second kappa shape index (κ2) is 6.33. The van der Waals surface area contributed by atoms with Gasteiger partial charge in [-0.3, -0.25) is 9.48 Å². The molecule has 5 nitrogen and oxygen atoms in total. The van der Waals surface area contributed by atoms with Crippen LogP contribution in [0.3, 0.4) is 0 Å². The zero-order valence-electron chi connectivity index (χ0n) is 11.2. The van der Waals surface area contributed by atoms with Crippen molar-refractivity contribution in [2.75, 3.05) is 6.54 Å². The summed E-state index contributed by atoms with van der Waals surface area (Å²) < 4.78 is 2.01. The maximum Gasteiger partial charge on any atom is 0.217 e. The molecule has 0 bridgehead atoms. The Balaban J connectivity index is 1.99. The number of rotatable bonds is 7. The average Bonchev–Trinajstić information content (AvgIpc) is 2.76. The SMILES string of the molecule is CCn1nc(CNCCCC(N)=O)c2ccccc21. The Hall–Kier alpha value is -1.88. The number of hydrogen-bond donors (Lipinski definition) is 2. The van der Waals surface area contributed by atoms with Crippen LogP contribution in [0, 0.1) is 0 Å². The number of primary amides is 1. The second-order valence-electron chi connectivity index (χ2n) is 4.53. The summed E-state index contributed by atoms with van der Waals surface area (Å²) in [5.41, 5.74) is 7.32. The third kappa shape index (κ3) is 3.32. The third-order valence-electron chi connectivity index (χ3n) is 3.10. The highest BCUT2D eigenvalue weighted by Crippen LogP contribution is 2.18. The summed E-state index contributed by atoms with van der Waals surface area (Å²) in [4.78, 5) is 10.6. The van der Waals surface area contributed by atoms with Gasteiger partial charge in [0.1, 0.15) is 0 Å². The monoisotopic (exact) mass is 260 g/mol. The van der Waals surface area contributed by atoms with Crippen molar-refractivity contribution in [3.63, 3.8) is 0 Å². The number of aromatic nitrogens is 2. The van der Waals surface area contributed by atoms with Crippen molar-refractivity contribution in [3.05, 3.63) is 30.0 Å². The van der Waals surface area contributed by atoms with Crippen LogP contribution in [0.5, 0.6) is 0 Å². The van der Waals surface area contributed by atoms with Crippen LogP contribution in [0.2, 0.25) is 0 Å². The van der Waals surface area contributed by atoms with Crippen molar-refractivity contribution in [3.8, 4) is 0 Å². The highest BCUT2D eigenvalue weighted by molar-refractivity contribution is 5.81. The molecule has 19 heavy (non-hydrogen) atoms. The molecule has 0 spiro atoms. The average molecular weight is 260 g/mol. The van der Waals surface area contributed by atoms with Gasteiger partial charge in [0.05, 0.1) is 11.2 Å². The Morgan fingerprint density at radius 1 is 1.42 bits per heavy atom. The Morgan fingerprint density at radius 2 is 2.21 bits per heavy atom. The van der Waals surface area contributed by atoms with E-state index in [0.29, 0.717) is 13.0 Å². The Labute approximate surface area is 112 Å². The van der Waals surface area contributed by atoms with Crippen LogP contribution in [0.1, 0.15) is 25.5 Å². The van der Waals surface area contributed by atoms with Crippen molar-refractivity contribution >= 4 is 16.8 Å². The van der Waals surface area contributed by atoms with Crippen LogP contribution in [0.4, 0.5) is 0 Å². The van der Waals surface area contributed by atoms with E-state index >= 15 is 0 Å². The first kappa shape index (κ1) is 13.5. The zero-order chi connectivity index (χ0) is 13.7. The molecule has 102 valence electrons. The van der Waals surface area contributed by atoms with Gasteiger partial charge in [0.25, 0.3) is 0 Å². The minimum Gasteiger partial charge on any atom is -0.370 e. The fraction of sp³-hybridized carbons (Fsp3) is 0.429. The predicted molar refractivity (Wildman–Crippen MR) is 75.5 cm³/mol. The maximum atomic E-state index is 10.6. The molecule has 1 aromatic carbocycles. The summed E-state index contributed by atoms with van der Waals surface area (Å²) in [6, 6.07) is 8.23. The van der Waals surface area contributed by atoms with Gasteiger partial charge in [-0.1, -0.05) is 18.2 Å². The summed E-state index contributed by atoms with van der Waals surface area (Å²) in [5, 5.41) is 9.09. The van der Waals surface area contributed by atoms with E-state index < -0.39 is 0 Å². The molecule has 5 heteroatoms. The zero-order valence-corrected chi connectivity index (χ0v) is 11.2. The molecule has 2 rings (SSSR count). The Kier molecular flexibility index (Phi) is 4.52. The standard InChI is InChI=1S/C14H20N4O/c1-2-18-13-7-4-3-6-11(13)12(17-18)10-16-9-5-8-14(15)19/h3-4,6-7,16H,2,5,8-10H2,1H3,(H2,15,19). The number of nitrogens with one attached hydrogen (secondary N) is 1. The van der Waals surface area contributed by atoms with Crippen LogP contribution < -0.4 is 11.1 Å². The van der Waals surface area contributed by atoms with Crippen molar-refractivity contribution in [1.82, 2.24) is 15.1 Å². The van der Waals surface area contributed by atoms with E-state index in [9.17, 15) is 4.79 Å². The van der Waals surface area contributed by atoms with E-state index in [1.54, 1.807) is 0 Å². The predicted octanol–water partition coefficient (Wildman–Crippen LogP) is 1.41. The molecule has 0 fully saturated rings. The van der Waals surface area contributed by atoms with Crippen molar-refractivity contribution in [1.29, 1.82) is 0 Å². The van der Waals surface area contributed by atoms with E-state index in [1.807, 2.05) is 16.8 Å². The molecule has 1 amide bonds. The topological polar surface area (TPSA) is 72.9 Å². The molecule has 0 aliphatic rings. The summed E-state index contributed by atoms with van der Waals surface area (Å²) >= 11 is 0. The largest absolute Gasteiger partial charge is 0.370 e. The number of amides is 1. The molecule has 0 unspecified atom stereocenters. The number of carbonyl (C=O) groups is 1. The molecule has 3 N–H and O–H groups in total. The molecule has 2 aromatic rings. The minimum atomic E-state index is -0.248. The number of hydrogen-bond acceptors (Lipinski definition) is 3. The second-order valence-corrected chi connectivity index (χ2v) is 4.53. The van der Waals surface area contributed by atoms with Gasteiger partial charge in [-0.15, -0.1) is 0 Å². The first-order valence-corrected chi connectivity index (χ1v) is 6.65. The smallest absolute Gasteiger partial charge is 0.217 e. The summed E-state index contributed by atoms with van der Waals surface area (Å²) in [7, 11) is 0. The van der Waals surface area contributed by atoms with Crippen molar-refractivity contribution < 1.29 is 4.79 Å². The summed E-state index contributed by atoms with van der Waals surface area (Å²) in [6.07, 6.45) is 1.19. The van der Waals surface area contributed by atoms with E-state index in [4.69, 9.17) is 5.73 Å². The van der Waals surface area contributed by atoms with Crippen LogP contribution in [0.15, 0.2) is 24.3 Å². The van der Waals surface area contributed by atoms with Crippen LogP contribution in [-0.2, 0) is 17.9 Å². The van der Waals surface area contributed by atoms with Gasteiger partial charge in [0.15, 0.2) is 0 Å². The molecule has 1 aromatic heterocycles. The number of nitrogens with two attached hydrogens (primary N) is 1. The normalized spacial score (nSPS) is 11.0. The highest BCUT2D eigenvalue weighted by atomic mass is 16.1. The van der Waals surface area contributed by atoms with Gasteiger partial charge >= 0.3 is 0 Å². The molecule has 0 aliphatic carbocycles. The Bertz CT molecular complexity index is 562. The molecule has 0 saturated carbocycles. The molecule has 1 heterocycles. The molecular weight excluding hydrogens is 240 g/mol. The van der Waals surface area contributed by atoms with Crippen LogP contribution in [-0.4, -0.2) is 22.2 Å². The number of fused-ring (bicyclic) bond motifs is 1. The van der Waals surface area contributed by atoms with E-state index in [0.717, 1.165) is 25.2 Å². The molecule has 0 atom stereocenters. The van der Waals surface area contributed by atoms with Crippen LogP contribution in [0.25, 0.3) is 10.9 Å². The minimum absolute atomic E-state index is 0.248. The van der Waals surface area contributed by atoms with Gasteiger partial charge in [0.2, 0.25) is 5.91 Å². The lowest BCUT2D eigenvalue weighted by atomic mass is 10.2. The van der Waals surface area contributed by atoms with Crippen molar-refractivity contribution in [2.24, 2.45) is 5.73 Å². The first-order valence-electron chi connectivity index (χ1n) is 6.65. The van der Waals surface area contributed by atoms with E-state index in [1.165, 1.54) is 10.9 Å². The quantitative estimate of drug-likeness (QED) is 0.739. The van der Waals surface area contributed by atoms with E-state index in [-0.39, 0.29) is 5.91 Å². The Morgan fingerprint density at radius 3 is 2.95 bits per heavy atom. The third-order valence-corrected chi connectivity index (χ3v) is 3.10. The lowest BCUT2D eigenvalue weighted by Gasteiger charge is -2.01. The van der Waals surface area contributed by atoms with Gasteiger partial charge in [-0.2, -0.15) is 5.10 Å². The molecular formula is C14H20N4O. The fourth-order valence-corrected chi connectivity index (χ4v) is 2.16. The van der Waals surface area contributed by atoms with Gasteiger partial charge in [-0.05, 0) is 26.0 Å². The maximum absolute atomic E-state index is 10.6. The summed E-state index contributed by atoms with van der Waals surface area (Å²) in [6.45, 7) is 4.44. The van der Waals surface area contributed by atoms with Gasteiger partial charge in [-0.25, -0.2) is 0 Å². The summed E-state index contributed by atoms with van der Waals surface area (Å²) in [5.74, 6) is -0.248. The van der Waals surface area contributed by atoms with Gasteiger partial charge in [0, 0.05) is 24.9 Å². The highest BCUT2D eigenvalue weighted by Gasteiger charge is 2.08. The lowest BCUT2D eigenvalue weighted by Crippen LogP contribution is -2.18. The number of benzene rings is 1. The number of aryl methyl sites for hydroxylation is 1.